The smallest absolute Gasteiger partial charge is 0.243 e. The van der Waals surface area contributed by atoms with Gasteiger partial charge in [-0.2, -0.15) is 8.61 Å². The second-order valence-corrected chi connectivity index (χ2v) is 13.0. The van der Waals surface area contributed by atoms with Gasteiger partial charge in [0.2, 0.25) is 26.0 Å². The molecule has 0 bridgehead atoms. The molecule has 1 heterocycles. The molecule has 3 aromatic carbocycles. The molecule has 9 nitrogen and oxygen atoms in total. The average molecular weight is 576 g/mol. The summed E-state index contributed by atoms with van der Waals surface area (Å²) in [7, 11) is -7.67. The highest BCUT2D eigenvalue weighted by atomic mass is 32.2. The Labute approximate surface area is 228 Å². The number of nitrogens with zero attached hydrogens (tertiary/aromatic N) is 2. The van der Waals surface area contributed by atoms with E-state index in [-0.39, 0.29) is 22.9 Å². The van der Waals surface area contributed by atoms with Gasteiger partial charge in [0, 0.05) is 26.2 Å². The normalized spacial score (nSPS) is 14.8. The lowest BCUT2D eigenvalue weighted by molar-refractivity contribution is -0.121. The molecular formula is C27H30FN3O6S2. The van der Waals surface area contributed by atoms with Crippen LogP contribution in [0, 0.1) is 12.7 Å². The van der Waals surface area contributed by atoms with E-state index in [4.69, 9.17) is 4.74 Å². The summed E-state index contributed by atoms with van der Waals surface area (Å²) >= 11 is 0. The van der Waals surface area contributed by atoms with Crippen LogP contribution in [-0.4, -0.2) is 64.2 Å². The van der Waals surface area contributed by atoms with E-state index >= 15 is 0 Å². The van der Waals surface area contributed by atoms with Crippen molar-refractivity contribution in [1.29, 1.82) is 0 Å². The van der Waals surface area contributed by atoms with Crippen molar-refractivity contribution < 1.29 is 30.8 Å². The number of hydrogen-bond donors (Lipinski definition) is 1. The Morgan fingerprint density at radius 2 is 1.44 bits per heavy atom. The number of morpholine rings is 1. The first-order valence-electron chi connectivity index (χ1n) is 12.3. The molecule has 0 radical (unpaired) electrons. The van der Waals surface area contributed by atoms with Crippen molar-refractivity contribution in [2.24, 2.45) is 0 Å². The number of ether oxygens (including phenoxy) is 1. The van der Waals surface area contributed by atoms with Crippen LogP contribution < -0.4 is 5.32 Å². The first-order chi connectivity index (χ1) is 18.6. The number of rotatable bonds is 10. The molecule has 1 fully saturated rings. The lowest BCUT2D eigenvalue weighted by Gasteiger charge is -2.26. The van der Waals surface area contributed by atoms with Crippen LogP contribution >= 0.6 is 0 Å². The molecule has 208 valence electrons. The van der Waals surface area contributed by atoms with E-state index < -0.39 is 38.3 Å². The average Bonchev–Trinajstić information content (AvgIpc) is 2.93. The maximum atomic E-state index is 13.4. The standard InChI is InChI=1S/C27H30FN3O6S2/c1-21-2-10-25(11-3-21)39(35,36)31(19-23-4-8-24(28)9-5-23)20-27(32)29-18-22-6-12-26(13-7-22)38(33,34)30-14-16-37-17-15-30/h2-13H,14-20H2,1H3,(H,29,32). The molecule has 0 atom stereocenters. The van der Waals surface area contributed by atoms with Gasteiger partial charge in [-0.15, -0.1) is 0 Å². The third-order valence-electron chi connectivity index (χ3n) is 6.27. The zero-order valence-electron chi connectivity index (χ0n) is 21.4. The number of aryl methyl sites for hydroxylation is 1. The number of carbonyl (C=O) groups is 1. The van der Waals surface area contributed by atoms with E-state index in [2.05, 4.69) is 5.32 Å². The maximum Gasteiger partial charge on any atom is 0.243 e. The first kappa shape index (κ1) is 28.8. The zero-order chi connectivity index (χ0) is 28.0. The van der Waals surface area contributed by atoms with Gasteiger partial charge in [0.15, 0.2) is 0 Å². The largest absolute Gasteiger partial charge is 0.379 e. The molecule has 1 amide bonds. The molecule has 0 unspecified atom stereocenters. The summed E-state index contributed by atoms with van der Waals surface area (Å²) in [6.45, 7) is 2.61. The molecule has 1 saturated heterocycles. The topological polar surface area (TPSA) is 113 Å². The maximum absolute atomic E-state index is 13.4. The van der Waals surface area contributed by atoms with Gasteiger partial charge in [-0.3, -0.25) is 4.79 Å². The third-order valence-corrected chi connectivity index (χ3v) is 9.99. The molecule has 0 aliphatic carbocycles. The quantitative estimate of drug-likeness (QED) is 0.398. The Kier molecular flexibility index (Phi) is 9.13. The molecule has 1 N–H and O–H groups in total. The predicted molar refractivity (Wildman–Crippen MR) is 143 cm³/mol. The van der Waals surface area contributed by atoms with Crippen LogP contribution in [-0.2, 0) is 42.7 Å². The minimum Gasteiger partial charge on any atom is -0.379 e. The van der Waals surface area contributed by atoms with E-state index in [0.29, 0.717) is 37.4 Å². The number of carbonyl (C=O) groups excluding carboxylic acids is 1. The summed E-state index contributed by atoms with van der Waals surface area (Å²) < 4.78 is 73.4. The van der Waals surface area contributed by atoms with Crippen LogP contribution in [0.3, 0.4) is 0 Å². The van der Waals surface area contributed by atoms with Crippen molar-refractivity contribution in [1.82, 2.24) is 13.9 Å². The first-order valence-corrected chi connectivity index (χ1v) is 15.2. The second kappa shape index (κ2) is 12.3. The fourth-order valence-electron chi connectivity index (χ4n) is 4.01. The molecule has 3 aromatic rings. The SMILES string of the molecule is Cc1ccc(S(=O)(=O)N(CC(=O)NCc2ccc(S(=O)(=O)N3CCOCC3)cc2)Cc2ccc(F)cc2)cc1. The van der Waals surface area contributed by atoms with Gasteiger partial charge in [-0.05, 0) is 54.4 Å². The molecule has 12 heteroatoms. The highest BCUT2D eigenvalue weighted by Crippen LogP contribution is 2.20. The summed E-state index contributed by atoms with van der Waals surface area (Å²) in [5, 5.41) is 2.70. The zero-order valence-corrected chi connectivity index (χ0v) is 23.0. The van der Waals surface area contributed by atoms with E-state index in [1.165, 1.54) is 52.8 Å². The second-order valence-electron chi connectivity index (χ2n) is 9.15. The molecule has 4 rings (SSSR count). The van der Waals surface area contributed by atoms with E-state index in [1.54, 1.807) is 24.3 Å². The highest BCUT2D eigenvalue weighted by Gasteiger charge is 2.28. The molecule has 0 spiro atoms. The Morgan fingerprint density at radius 1 is 0.872 bits per heavy atom. The Hall–Kier alpha value is -3.16. The lowest BCUT2D eigenvalue weighted by Crippen LogP contribution is -2.40. The number of amides is 1. The van der Waals surface area contributed by atoms with Gasteiger partial charge in [0.1, 0.15) is 5.82 Å². The fraction of sp³-hybridized carbons (Fsp3) is 0.296. The summed E-state index contributed by atoms with van der Waals surface area (Å²) in [6.07, 6.45) is 0. The van der Waals surface area contributed by atoms with Crippen LogP contribution in [0.2, 0.25) is 0 Å². The van der Waals surface area contributed by atoms with Crippen molar-refractivity contribution in [2.75, 3.05) is 32.8 Å². The van der Waals surface area contributed by atoms with Crippen molar-refractivity contribution in [3.63, 3.8) is 0 Å². The Morgan fingerprint density at radius 3 is 2.05 bits per heavy atom. The lowest BCUT2D eigenvalue weighted by atomic mass is 10.2. The monoisotopic (exact) mass is 575 g/mol. The summed E-state index contributed by atoms with van der Waals surface area (Å²) in [4.78, 5) is 13.0. The van der Waals surface area contributed by atoms with Crippen LogP contribution in [0.1, 0.15) is 16.7 Å². The number of sulfonamides is 2. The van der Waals surface area contributed by atoms with Crippen LogP contribution in [0.25, 0.3) is 0 Å². The minimum atomic E-state index is -4.04. The van der Waals surface area contributed by atoms with Crippen molar-refractivity contribution >= 4 is 26.0 Å². The van der Waals surface area contributed by atoms with Gasteiger partial charge in [0.25, 0.3) is 0 Å². The van der Waals surface area contributed by atoms with Gasteiger partial charge in [-0.1, -0.05) is 42.0 Å². The van der Waals surface area contributed by atoms with Gasteiger partial charge in [-0.25, -0.2) is 21.2 Å². The van der Waals surface area contributed by atoms with Crippen molar-refractivity contribution in [3.8, 4) is 0 Å². The van der Waals surface area contributed by atoms with Crippen LogP contribution in [0.15, 0.2) is 82.6 Å². The van der Waals surface area contributed by atoms with Gasteiger partial charge in [0.05, 0.1) is 29.5 Å². The van der Waals surface area contributed by atoms with Crippen molar-refractivity contribution in [3.05, 3.63) is 95.3 Å². The van der Waals surface area contributed by atoms with Crippen LogP contribution in [0.5, 0.6) is 0 Å². The van der Waals surface area contributed by atoms with E-state index in [0.717, 1.165) is 9.87 Å². The fourth-order valence-corrected chi connectivity index (χ4v) is 6.80. The number of hydrogen-bond acceptors (Lipinski definition) is 6. The van der Waals surface area contributed by atoms with Crippen molar-refractivity contribution in [2.45, 2.75) is 29.8 Å². The van der Waals surface area contributed by atoms with Gasteiger partial charge < -0.3 is 10.1 Å². The molecule has 1 aliphatic heterocycles. The summed E-state index contributed by atoms with van der Waals surface area (Å²) in [5.41, 5.74) is 2.06. The summed E-state index contributed by atoms with van der Waals surface area (Å²) in [5.74, 6) is -0.994. The Bertz CT molecular complexity index is 1490. The molecule has 39 heavy (non-hydrogen) atoms. The van der Waals surface area contributed by atoms with E-state index in [1.807, 2.05) is 6.92 Å². The Balaban J connectivity index is 1.44. The van der Waals surface area contributed by atoms with E-state index in [9.17, 15) is 26.0 Å². The predicted octanol–water partition coefficient (Wildman–Crippen LogP) is 2.66. The minimum absolute atomic E-state index is 0.0417. The molecule has 0 saturated carbocycles. The molecule has 0 aromatic heterocycles. The number of nitrogens with one attached hydrogen (secondary N) is 1. The third kappa shape index (κ3) is 7.28. The highest BCUT2D eigenvalue weighted by molar-refractivity contribution is 7.89. The van der Waals surface area contributed by atoms with Crippen LogP contribution in [0.4, 0.5) is 4.39 Å². The number of benzene rings is 3. The number of halogens is 1. The summed E-state index contributed by atoms with van der Waals surface area (Å²) in [6, 6.07) is 17.9. The molecule has 1 aliphatic rings. The van der Waals surface area contributed by atoms with Gasteiger partial charge >= 0.3 is 0 Å². The molecular weight excluding hydrogens is 545 g/mol.